The van der Waals surface area contributed by atoms with E-state index in [1.165, 1.54) is 0 Å². The Morgan fingerprint density at radius 2 is 1.56 bits per heavy atom. The van der Waals surface area contributed by atoms with Gasteiger partial charge in [0.25, 0.3) is 0 Å². The van der Waals surface area contributed by atoms with Crippen molar-refractivity contribution in [3.05, 3.63) is 60.4 Å². The summed E-state index contributed by atoms with van der Waals surface area (Å²) in [6.45, 7) is 8.75. The zero-order chi connectivity index (χ0) is 31.0. The number of likely N-dealkylation sites (tertiary alicyclic amines) is 1. The molecule has 2 aromatic carbocycles. The molecule has 3 aromatic rings. The van der Waals surface area contributed by atoms with Crippen molar-refractivity contribution >= 4 is 12.0 Å². The van der Waals surface area contributed by atoms with Gasteiger partial charge in [-0.15, -0.1) is 0 Å². The molecule has 43 heavy (non-hydrogen) atoms. The van der Waals surface area contributed by atoms with E-state index in [2.05, 4.69) is 33.0 Å². The Morgan fingerprint density at radius 3 is 2.09 bits per heavy atom. The number of pyridine rings is 1. The van der Waals surface area contributed by atoms with Crippen LogP contribution in [-0.4, -0.2) is 82.0 Å². The zero-order valence-corrected chi connectivity index (χ0v) is 26.5. The minimum absolute atomic E-state index is 0.242. The second-order valence-corrected chi connectivity index (χ2v) is 11.7. The van der Waals surface area contributed by atoms with E-state index in [0.717, 1.165) is 60.3 Å². The summed E-state index contributed by atoms with van der Waals surface area (Å²) in [4.78, 5) is 21.2. The van der Waals surface area contributed by atoms with Gasteiger partial charge in [0.2, 0.25) is 5.75 Å². The second kappa shape index (κ2) is 14.6. The predicted octanol–water partition coefficient (Wildman–Crippen LogP) is 5.64. The number of hydrogen-bond donors (Lipinski definition) is 0. The van der Waals surface area contributed by atoms with Crippen LogP contribution in [0.2, 0.25) is 0 Å². The van der Waals surface area contributed by atoms with Crippen LogP contribution in [0.15, 0.2) is 54.9 Å². The van der Waals surface area contributed by atoms with Crippen molar-refractivity contribution in [2.24, 2.45) is 0 Å². The molecule has 0 amide bonds. The summed E-state index contributed by atoms with van der Waals surface area (Å²) in [6.07, 6.45) is 6.63. The van der Waals surface area contributed by atoms with Gasteiger partial charge in [0.1, 0.15) is 12.0 Å². The largest absolute Gasteiger partial charge is 0.497 e. The molecule has 1 atom stereocenters. The molecule has 1 aliphatic heterocycles. The molecular formula is C34H45N3O6. The van der Waals surface area contributed by atoms with Crippen LogP contribution in [0.25, 0.3) is 11.1 Å². The standard InChI is InChI=1S/C34H45N3O6/c1-34(2,3)43-23-29(22-38)36-14-12-28(13-15-36)37(27-8-10-30(39-4)11-9-27)21-24-16-26(20-35-19-24)25-17-31(40-5)33(42-7)32(18-25)41-6/h8-11,16-20,22,28-29H,12-15,21,23H2,1-7H3. The molecule has 0 saturated carbocycles. The monoisotopic (exact) mass is 591 g/mol. The molecule has 0 N–H and O–H groups in total. The maximum Gasteiger partial charge on any atom is 0.203 e. The zero-order valence-electron chi connectivity index (χ0n) is 26.5. The van der Waals surface area contributed by atoms with Crippen molar-refractivity contribution in [2.75, 3.05) is 53.0 Å². The van der Waals surface area contributed by atoms with Crippen molar-refractivity contribution in [1.29, 1.82) is 0 Å². The van der Waals surface area contributed by atoms with E-state index < -0.39 is 0 Å². The summed E-state index contributed by atoms with van der Waals surface area (Å²) in [5, 5.41) is 0. The Kier molecular flexibility index (Phi) is 10.9. The van der Waals surface area contributed by atoms with Gasteiger partial charge in [0, 0.05) is 49.3 Å². The highest BCUT2D eigenvalue weighted by Crippen LogP contribution is 2.41. The van der Waals surface area contributed by atoms with E-state index in [9.17, 15) is 4.79 Å². The van der Waals surface area contributed by atoms with Crippen molar-refractivity contribution in [3.8, 4) is 34.1 Å². The normalized spacial score (nSPS) is 15.0. The first-order chi connectivity index (χ1) is 20.7. The lowest BCUT2D eigenvalue weighted by molar-refractivity contribution is -0.117. The summed E-state index contributed by atoms with van der Waals surface area (Å²) in [7, 11) is 6.50. The highest BCUT2D eigenvalue weighted by molar-refractivity contribution is 5.71. The Hall–Kier alpha value is -3.82. The maximum absolute atomic E-state index is 12.0. The quantitative estimate of drug-likeness (QED) is 0.235. The van der Waals surface area contributed by atoms with E-state index >= 15 is 0 Å². The number of aldehydes is 1. The lowest BCUT2D eigenvalue weighted by atomic mass is 9.99. The van der Waals surface area contributed by atoms with E-state index in [1.807, 2.05) is 57.4 Å². The fourth-order valence-corrected chi connectivity index (χ4v) is 5.48. The Balaban J connectivity index is 1.58. The molecule has 0 radical (unpaired) electrons. The third-order valence-electron chi connectivity index (χ3n) is 7.80. The van der Waals surface area contributed by atoms with Crippen molar-refractivity contribution in [3.63, 3.8) is 0 Å². The van der Waals surface area contributed by atoms with Gasteiger partial charge >= 0.3 is 0 Å². The smallest absolute Gasteiger partial charge is 0.203 e. The van der Waals surface area contributed by atoms with Crippen LogP contribution in [0.5, 0.6) is 23.0 Å². The minimum Gasteiger partial charge on any atom is -0.497 e. The van der Waals surface area contributed by atoms with E-state index in [-0.39, 0.29) is 17.7 Å². The molecule has 232 valence electrons. The van der Waals surface area contributed by atoms with Crippen LogP contribution >= 0.6 is 0 Å². The highest BCUT2D eigenvalue weighted by Gasteiger charge is 2.30. The lowest BCUT2D eigenvalue weighted by Crippen LogP contribution is -2.50. The fraction of sp³-hybridized carbons (Fsp3) is 0.471. The number of ether oxygens (including phenoxy) is 5. The second-order valence-electron chi connectivity index (χ2n) is 11.7. The van der Waals surface area contributed by atoms with Crippen LogP contribution < -0.4 is 23.8 Å². The maximum atomic E-state index is 12.0. The number of rotatable bonds is 13. The van der Waals surface area contributed by atoms with Gasteiger partial charge in [-0.25, -0.2) is 0 Å². The lowest BCUT2D eigenvalue weighted by Gasteiger charge is -2.41. The first kappa shape index (κ1) is 32.1. The van der Waals surface area contributed by atoms with Crippen molar-refractivity contribution in [1.82, 2.24) is 9.88 Å². The number of benzene rings is 2. The number of piperidine rings is 1. The molecule has 2 heterocycles. The van der Waals surface area contributed by atoms with Gasteiger partial charge in [-0.05, 0) is 87.2 Å². The van der Waals surface area contributed by atoms with Crippen molar-refractivity contribution in [2.45, 2.75) is 57.8 Å². The molecule has 1 aliphatic rings. The van der Waals surface area contributed by atoms with Crippen molar-refractivity contribution < 1.29 is 28.5 Å². The molecule has 9 nitrogen and oxygen atoms in total. The Labute approximate surface area is 255 Å². The number of anilines is 1. The average molecular weight is 592 g/mol. The van der Waals surface area contributed by atoms with E-state index in [4.69, 9.17) is 23.7 Å². The van der Waals surface area contributed by atoms with Crippen LogP contribution in [-0.2, 0) is 16.1 Å². The predicted molar refractivity (Wildman–Crippen MR) is 169 cm³/mol. The number of carbonyl (C=O) groups excluding carboxylic acids is 1. The van der Waals surface area contributed by atoms with Gasteiger partial charge < -0.3 is 33.4 Å². The van der Waals surface area contributed by atoms with Gasteiger partial charge in [-0.2, -0.15) is 0 Å². The minimum atomic E-state index is -0.282. The number of aromatic nitrogens is 1. The summed E-state index contributed by atoms with van der Waals surface area (Å²) >= 11 is 0. The van der Waals surface area contributed by atoms with Gasteiger partial charge in [0.05, 0.1) is 46.7 Å². The van der Waals surface area contributed by atoms with E-state index in [1.54, 1.807) is 28.4 Å². The highest BCUT2D eigenvalue weighted by atomic mass is 16.5. The third kappa shape index (κ3) is 8.18. The molecule has 0 spiro atoms. The molecule has 4 rings (SSSR count). The Morgan fingerprint density at radius 1 is 0.907 bits per heavy atom. The number of hydrogen-bond acceptors (Lipinski definition) is 9. The van der Waals surface area contributed by atoms with Gasteiger partial charge in [-0.1, -0.05) is 0 Å². The van der Waals surface area contributed by atoms with Crippen LogP contribution in [0.4, 0.5) is 5.69 Å². The fourth-order valence-electron chi connectivity index (χ4n) is 5.48. The first-order valence-electron chi connectivity index (χ1n) is 14.7. The summed E-state index contributed by atoms with van der Waals surface area (Å²) in [5.74, 6) is 2.56. The number of nitrogens with zero attached hydrogens (tertiary/aromatic N) is 3. The molecule has 1 fully saturated rings. The van der Waals surface area contributed by atoms with E-state index in [0.29, 0.717) is 30.4 Å². The Bertz CT molecular complexity index is 1310. The van der Waals surface area contributed by atoms with Crippen LogP contribution in [0, 0.1) is 0 Å². The van der Waals surface area contributed by atoms with Crippen LogP contribution in [0.1, 0.15) is 39.2 Å². The molecule has 0 bridgehead atoms. The summed E-state index contributed by atoms with van der Waals surface area (Å²) in [5.41, 5.74) is 3.78. The van der Waals surface area contributed by atoms with Gasteiger partial charge in [-0.3, -0.25) is 9.88 Å². The topological polar surface area (TPSA) is 82.6 Å². The van der Waals surface area contributed by atoms with Gasteiger partial charge in [0.15, 0.2) is 11.5 Å². The first-order valence-corrected chi connectivity index (χ1v) is 14.7. The van der Waals surface area contributed by atoms with Crippen LogP contribution in [0.3, 0.4) is 0 Å². The molecule has 1 unspecified atom stereocenters. The molecular weight excluding hydrogens is 546 g/mol. The SMILES string of the molecule is COc1ccc(N(Cc2cncc(-c3cc(OC)c(OC)c(OC)c3)c2)C2CCN(C(C=O)COC(C)(C)C)CC2)cc1. The number of carbonyl (C=O) groups is 1. The number of methoxy groups -OCH3 is 4. The molecule has 1 aromatic heterocycles. The summed E-state index contributed by atoms with van der Waals surface area (Å²) < 4.78 is 28.0. The third-order valence-corrected chi connectivity index (χ3v) is 7.80. The molecule has 0 aliphatic carbocycles. The molecule has 1 saturated heterocycles. The average Bonchev–Trinajstić information content (AvgIpc) is 3.03. The molecule has 9 heteroatoms. The summed E-state index contributed by atoms with van der Waals surface area (Å²) in [6, 6.07) is 14.3.